The van der Waals surface area contributed by atoms with Crippen LogP contribution in [0.25, 0.3) is 0 Å². The van der Waals surface area contributed by atoms with E-state index in [2.05, 4.69) is 15.3 Å². The Kier molecular flexibility index (Phi) is 5.80. The van der Waals surface area contributed by atoms with Gasteiger partial charge in [-0.2, -0.15) is 0 Å². The van der Waals surface area contributed by atoms with Gasteiger partial charge in [-0.15, -0.1) is 0 Å². The van der Waals surface area contributed by atoms with Crippen LogP contribution in [-0.2, 0) is 6.54 Å². The van der Waals surface area contributed by atoms with Gasteiger partial charge in [0, 0.05) is 13.1 Å². The number of nitrogens with zero attached hydrogens (tertiary/aromatic N) is 2. The second-order valence-corrected chi connectivity index (χ2v) is 5.14. The number of halogens is 1. The van der Waals surface area contributed by atoms with E-state index in [1.807, 2.05) is 25.1 Å². The predicted molar refractivity (Wildman–Crippen MR) is 86.2 cm³/mol. The van der Waals surface area contributed by atoms with E-state index in [0.29, 0.717) is 35.6 Å². The van der Waals surface area contributed by atoms with E-state index in [-0.39, 0.29) is 6.10 Å². The van der Waals surface area contributed by atoms with Gasteiger partial charge in [-0.1, -0.05) is 23.7 Å². The molecule has 7 heteroatoms. The lowest BCUT2D eigenvalue weighted by Crippen LogP contribution is -2.29. The first-order valence-corrected chi connectivity index (χ1v) is 7.25. The summed E-state index contributed by atoms with van der Waals surface area (Å²) < 4.78 is 11.0. The van der Waals surface area contributed by atoms with Crippen molar-refractivity contribution in [1.82, 2.24) is 15.3 Å². The van der Waals surface area contributed by atoms with Gasteiger partial charge in [0.15, 0.2) is 0 Å². The molecule has 0 bridgehead atoms. The Balaban J connectivity index is 1.88. The van der Waals surface area contributed by atoms with Crippen LogP contribution in [0.4, 0.5) is 5.82 Å². The molecule has 1 aromatic carbocycles. The van der Waals surface area contributed by atoms with Gasteiger partial charge in [-0.25, -0.2) is 9.97 Å². The molecule has 2 aromatic rings. The summed E-state index contributed by atoms with van der Waals surface area (Å²) in [4.78, 5) is 8.00. The second-order valence-electron chi connectivity index (χ2n) is 4.74. The van der Waals surface area contributed by atoms with E-state index in [1.165, 1.54) is 6.33 Å². The minimum absolute atomic E-state index is 0.0586. The quantitative estimate of drug-likeness (QED) is 0.813. The Bertz CT molecular complexity index is 624. The van der Waals surface area contributed by atoms with Gasteiger partial charge < -0.3 is 20.5 Å². The minimum atomic E-state index is -0.0586. The van der Waals surface area contributed by atoms with E-state index in [1.54, 1.807) is 13.2 Å². The Hall–Kier alpha value is -2.05. The van der Waals surface area contributed by atoms with Gasteiger partial charge in [-0.3, -0.25) is 0 Å². The molecule has 22 heavy (non-hydrogen) atoms. The third-order valence-electron chi connectivity index (χ3n) is 3.03. The molecular weight excluding hydrogens is 304 g/mol. The summed E-state index contributed by atoms with van der Waals surface area (Å²) in [5.74, 6) is 1.54. The zero-order valence-electron chi connectivity index (χ0n) is 12.5. The number of para-hydroxylation sites is 1. The molecule has 0 amide bonds. The summed E-state index contributed by atoms with van der Waals surface area (Å²) in [6.45, 7) is 3.06. The van der Waals surface area contributed by atoms with Crippen LogP contribution in [0.1, 0.15) is 12.5 Å². The normalized spacial score (nSPS) is 12.0. The summed E-state index contributed by atoms with van der Waals surface area (Å²) in [6.07, 6.45) is 1.32. The molecule has 0 saturated heterocycles. The predicted octanol–water partition coefficient (Wildman–Crippen LogP) is 2.28. The van der Waals surface area contributed by atoms with Crippen LogP contribution in [0.15, 0.2) is 30.6 Å². The third-order valence-corrected chi connectivity index (χ3v) is 3.34. The molecule has 0 radical (unpaired) electrons. The maximum atomic E-state index is 6.06. The Morgan fingerprint density at radius 1 is 1.32 bits per heavy atom. The van der Waals surface area contributed by atoms with Crippen molar-refractivity contribution in [3.8, 4) is 11.6 Å². The average molecular weight is 323 g/mol. The molecule has 2 rings (SSSR count). The number of nitrogen functional groups attached to an aromatic ring is 1. The largest absolute Gasteiger partial charge is 0.488 e. The molecule has 0 aliphatic carbocycles. The molecule has 1 aromatic heterocycles. The van der Waals surface area contributed by atoms with Gasteiger partial charge in [0.05, 0.1) is 17.7 Å². The number of methoxy groups -OCH3 is 1. The molecule has 6 nitrogen and oxygen atoms in total. The summed E-state index contributed by atoms with van der Waals surface area (Å²) in [6, 6.07) is 7.38. The van der Waals surface area contributed by atoms with Crippen molar-refractivity contribution in [2.75, 3.05) is 19.4 Å². The molecule has 1 atom stereocenters. The van der Waals surface area contributed by atoms with Crippen LogP contribution in [0.2, 0.25) is 5.02 Å². The lowest BCUT2D eigenvalue weighted by molar-refractivity contribution is 0.216. The molecule has 0 aliphatic rings. The molecule has 3 N–H and O–H groups in total. The number of nitrogens with two attached hydrogens (primary N) is 1. The van der Waals surface area contributed by atoms with Crippen LogP contribution < -0.4 is 20.5 Å². The number of hydrogen-bond acceptors (Lipinski definition) is 6. The Morgan fingerprint density at radius 3 is 2.82 bits per heavy atom. The highest BCUT2D eigenvalue weighted by Crippen LogP contribution is 2.24. The highest BCUT2D eigenvalue weighted by molar-refractivity contribution is 6.32. The fraction of sp³-hybridized carbons (Fsp3) is 0.333. The van der Waals surface area contributed by atoms with Gasteiger partial charge in [0.25, 0.3) is 0 Å². The monoisotopic (exact) mass is 322 g/mol. The number of anilines is 1. The van der Waals surface area contributed by atoms with E-state index in [4.69, 9.17) is 26.8 Å². The number of rotatable bonds is 7. The molecule has 1 heterocycles. The molecule has 0 saturated carbocycles. The molecule has 0 unspecified atom stereocenters. The maximum Gasteiger partial charge on any atom is 0.222 e. The maximum absolute atomic E-state index is 6.06. The molecule has 0 spiro atoms. The van der Waals surface area contributed by atoms with E-state index >= 15 is 0 Å². The van der Waals surface area contributed by atoms with Crippen molar-refractivity contribution in [3.05, 3.63) is 41.2 Å². The van der Waals surface area contributed by atoms with Crippen molar-refractivity contribution in [3.63, 3.8) is 0 Å². The van der Waals surface area contributed by atoms with Gasteiger partial charge in [-0.05, 0) is 19.1 Å². The summed E-state index contributed by atoms with van der Waals surface area (Å²) >= 11 is 6.06. The first-order valence-electron chi connectivity index (χ1n) is 6.87. The standard InChI is InChI=1S/C15H19ClN4O2/c1-10(22-13-6-4-3-5-12(13)16)7-18-8-11-14(17)19-9-20-15(11)21-2/h3-6,9-10,18H,7-8H2,1-2H3,(H2,17,19,20)/t10-/m1/s1. The highest BCUT2D eigenvalue weighted by Gasteiger charge is 2.11. The second kappa shape index (κ2) is 7.82. The smallest absolute Gasteiger partial charge is 0.222 e. The molecular formula is C15H19ClN4O2. The van der Waals surface area contributed by atoms with E-state index in [0.717, 1.165) is 5.56 Å². The van der Waals surface area contributed by atoms with Crippen LogP contribution in [0.3, 0.4) is 0 Å². The summed E-state index contributed by atoms with van der Waals surface area (Å²) in [7, 11) is 1.55. The molecule has 0 fully saturated rings. The number of nitrogens with one attached hydrogen (secondary N) is 1. The first-order chi connectivity index (χ1) is 10.6. The van der Waals surface area contributed by atoms with Crippen LogP contribution >= 0.6 is 11.6 Å². The van der Waals surface area contributed by atoms with Gasteiger partial charge >= 0.3 is 0 Å². The minimum Gasteiger partial charge on any atom is -0.488 e. The van der Waals surface area contributed by atoms with Crippen molar-refractivity contribution in [1.29, 1.82) is 0 Å². The molecule has 0 aliphatic heterocycles. The van der Waals surface area contributed by atoms with Crippen LogP contribution in [0, 0.1) is 0 Å². The number of aromatic nitrogens is 2. The lowest BCUT2D eigenvalue weighted by Gasteiger charge is -2.17. The van der Waals surface area contributed by atoms with Crippen molar-refractivity contribution < 1.29 is 9.47 Å². The summed E-state index contributed by atoms with van der Waals surface area (Å²) in [5.41, 5.74) is 6.57. The summed E-state index contributed by atoms with van der Waals surface area (Å²) in [5, 5.41) is 3.84. The van der Waals surface area contributed by atoms with Crippen molar-refractivity contribution in [2.45, 2.75) is 19.6 Å². The third kappa shape index (κ3) is 4.22. The van der Waals surface area contributed by atoms with Crippen LogP contribution in [-0.4, -0.2) is 29.7 Å². The number of benzene rings is 1. The SMILES string of the molecule is COc1ncnc(N)c1CNC[C@@H](C)Oc1ccccc1Cl. The van der Waals surface area contributed by atoms with Gasteiger partial charge in [0.1, 0.15) is 24.0 Å². The molecule has 118 valence electrons. The van der Waals surface area contributed by atoms with Crippen LogP contribution in [0.5, 0.6) is 11.6 Å². The number of hydrogen-bond donors (Lipinski definition) is 2. The zero-order chi connectivity index (χ0) is 15.9. The average Bonchev–Trinajstić information content (AvgIpc) is 2.51. The Morgan fingerprint density at radius 2 is 2.09 bits per heavy atom. The lowest BCUT2D eigenvalue weighted by atomic mass is 10.2. The fourth-order valence-electron chi connectivity index (χ4n) is 1.95. The highest BCUT2D eigenvalue weighted by atomic mass is 35.5. The Labute approximate surface area is 134 Å². The fourth-order valence-corrected chi connectivity index (χ4v) is 2.13. The first kappa shape index (κ1) is 16.3. The van der Waals surface area contributed by atoms with Gasteiger partial charge in [0.2, 0.25) is 5.88 Å². The van der Waals surface area contributed by atoms with Crippen molar-refractivity contribution in [2.24, 2.45) is 0 Å². The van der Waals surface area contributed by atoms with E-state index < -0.39 is 0 Å². The number of ether oxygens (including phenoxy) is 2. The van der Waals surface area contributed by atoms with Crippen molar-refractivity contribution >= 4 is 17.4 Å². The zero-order valence-corrected chi connectivity index (χ0v) is 13.3. The van der Waals surface area contributed by atoms with E-state index in [9.17, 15) is 0 Å². The topological polar surface area (TPSA) is 82.3 Å².